The number of likely N-dealkylation sites (N-methyl/N-ethyl adjacent to an activating group) is 1. The molecule has 0 aromatic carbocycles. The van der Waals surface area contributed by atoms with E-state index in [2.05, 4.69) is 10.6 Å². The molecule has 1 atom stereocenters. The summed E-state index contributed by atoms with van der Waals surface area (Å²) in [6, 6.07) is 0. The monoisotopic (exact) mass is 144 g/mol. The second-order valence-corrected chi connectivity index (χ2v) is 2.54. The maximum atomic E-state index is 10.9. The third-order valence-electron chi connectivity index (χ3n) is 1.78. The van der Waals surface area contributed by atoms with Crippen molar-refractivity contribution < 1.29 is 9.90 Å². The van der Waals surface area contributed by atoms with E-state index in [1.165, 1.54) is 7.05 Å². The molecule has 0 aromatic rings. The fourth-order valence-corrected chi connectivity index (χ4v) is 1.11. The van der Waals surface area contributed by atoms with Crippen LogP contribution in [0.4, 0.5) is 0 Å². The zero-order valence-corrected chi connectivity index (χ0v) is 5.98. The van der Waals surface area contributed by atoms with Gasteiger partial charge in [0.2, 0.25) is 0 Å². The summed E-state index contributed by atoms with van der Waals surface area (Å²) >= 11 is 0. The number of nitrogens with one attached hydrogen (secondary N) is 2. The molecule has 58 valence electrons. The molecule has 0 saturated carbocycles. The topological polar surface area (TPSA) is 61.4 Å². The Balaban J connectivity index is 2.58. The van der Waals surface area contributed by atoms with Crippen molar-refractivity contribution in [2.75, 3.05) is 20.1 Å². The Labute approximate surface area is 59.6 Å². The highest BCUT2D eigenvalue weighted by molar-refractivity contribution is 5.85. The minimum Gasteiger partial charge on any atom is -0.379 e. The van der Waals surface area contributed by atoms with Crippen LogP contribution in [0.25, 0.3) is 0 Å². The van der Waals surface area contributed by atoms with Gasteiger partial charge in [-0.3, -0.25) is 4.79 Å². The van der Waals surface area contributed by atoms with Crippen LogP contribution in [-0.2, 0) is 4.79 Å². The van der Waals surface area contributed by atoms with Gasteiger partial charge < -0.3 is 15.7 Å². The van der Waals surface area contributed by atoms with Gasteiger partial charge in [0.05, 0.1) is 0 Å². The summed E-state index contributed by atoms with van der Waals surface area (Å²) in [6.45, 7) is 1.08. The summed E-state index contributed by atoms with van der Waals surface area (Å²) in [5.74, 6) is -0.294. The maximum Gasteiger partial charge on any atom is 0.253 e. The largest absolute Gasteiger partial charge is 0.379 e. The highest BCUT2D eigenvalue weighted by Crippen LogP contribution is 2.13. The molecule has 1 aliphatic rings. The van der Waals surface area contributed by atoms with Crippen molar-refractivity contribution in [3.05, 3.63) is 0 Å². The lowest BCUT2D eigenvalue weighted by atomic mass is 10.0. The standard InChI is InChI=1S/C6H12N2O2/c1-7-5(9)6(10)2-3-8-4-6/h8,10H,2-4H2,1H3,(H,7,9)/t6-/m0/s1. The van der Waals surface area contributed by atoms with Crippen molar-refractivity contribution >= 4 is 5.91 Å². The predicted molar refractivity (Wildman–Crippen MR) is 36.5 cm³/mol. The Morgan fingerprint density at radius 3 is 2.90 bits per heavy atom. The van der Waals surface area contributed by atoms with Crippen LogP contribution < -0.4 is 10.6 Å². The number of β-amino-alcohol motifs (C(OH)–C–C–N with tert-alkyl or cyclic N) is 1. The first-order chi connectivity index (χ1) is 4.69. The maximum absolute atomic E-state index is 10.9. The molecule has 0 aliphatic carbocycles. The summed E-state index contributed by atoms with van der Waals surface area (Å²) in [7, 11) is 1.53. The quantitative estimate of drug-likeness (QED) is 0.418. The number of hydrogen-bond donors (Lipinski definition) is 3. The molecule has 3 N–H and O–H groups in total. The van der Waals surface area contributed by atoms with Gasteiger partial charge in [-0.1, -0.05) is 0 Å². The lowest BCUT2D eigenvalue weighted by molar-refractivity contribution is -0.137. The molecule has 1 amide bonds. The molecule has 0 aromatic heterocycles. The van der Waals surface area contributed by atoms with Crippen molar-refractivity contribution in [1.29, 1.82) is 0 Å². The molecule has 0 radical (unpaired) electrons. The van der Waals surface area contributed by atoms with Gasteiger partial charge >= 0.3 is 0 Å². The van der Waals surface area contributed by atoms with Crippen molar-refractivity contribution in [2.24, 2.45) is 0 Å². The molecule has 1 saturated heterocycles. The van der Waals surface area contributed by atoms with Crippen LogP contribution in [0.1, 0.15) is 6.42 Å². The van der Waals surface area contributed by atoms with Crippen molar-refractivity contribution in [3.63, 3.8) is 0 Å². The van der Waals surface area contributed by atoms with Crippen LogP contribution in [0.15, 0.2) is 0 Å². The predicted octanol–water partition coefficient (Wildman–Crippen LogP) is -1.54. The van der Waals surface area contributed by atoms with Crippen molar-refractivity contribution in [1.82, 2.24) is 10.6 Å². The third-order valence-corrected chi connectivity index (χ3v) is 1.78. The molecular weight excluding hydrogens is 132 g/mol. The first kappa shape index (κ1) is 7.50. The molecule has 0 unspecified atom stereocenters. The minimum absolute atomic E-state index is 0.294. The number of carbonyl (C=O) groups is 1. The highest BCUT2D eigenvalue weighted by atomic mass is 16.3. The lowest BCUT2D eigenvalue weighted by Gasteiger charge is -2.17. The minimum atomic E-state index is -1.16. The van der Waals surface area contributed by atoms with Crippen LogP contribution >= 0.6 is 0 Å². The summed E-state index contributed by atoms with van der Waals surface area (Å²) in [5, 5.41) is 14.8. The Morgan fingerprint density at radius 1 is 1.80 bits per heavy atom. The van der Waals surface area contributed by atoms with E-state index in [1.807, 2.05) is 0 Å². The normalized spacial score (nSPS) is 32.2. The van der Waals surface area contributed by atoms with Crippen molar-refractivity contribution in [2.45, 2.75) is 12.0 Å². The summed E-state index contributed by atoms with van der Waals surface area (Å²) in [5.41, 5.74) is -1.16. The molecule has 10 heavy (non-hydrogen) atoms. The third kappa shape index (κ3) is 1.12. The zero-order chi connectivity index (χ0) is 7.61. The van der Waals surface area contributed by atoms with Crippen LogP contribution in [0.2, 0.25) is 0 Å². The van der Waals surface area contributed by atoms with Crippen molar-refractivity contribution in [3.8, 4) is 0 Å². The molecule has 0 bridgehead atoms. The fourth-order valence-electron chi connectivity index (χ4n) is 1.11. The lowest BCUT2D eigenvalue weighted by Crippen LogP contribution is -2.46. The molecule has 1 heterocycles. The molecule has 4 heteroatoms. The number of aliphatic hydroxyl groups is 1. The number of carbonyl (C=O) groups excluding carboxylic acids is 1. The van der Waals surface area contributed by atoms with Gasteiger partial charge in [-0.25, -0.2) is 0 Å². The number of amides is 1. The molecule has 0 spiro atoms. The van der Waals surface area contributed by atoms with Crippen LogP contribution in [-0.4, -0.2) is 36.8 Å². The first-order valence-corrected chi connectivity index (χ1v) is 3.34. The molecule has 1 aliphatic heterocycles. The van der Waals surface area contributed by atoms with E-state index in [9.17, 15) is 9.90 Å². The van der Waals surface area contributed by atoms with E-state index in [-0.39, 0.29) is 5.91 Å². The molecule has 1 fully saturated rings. The van der Waals surface area contributed by atoms with Gasteiger partial charge in [-0.05, 0) is 13.0 Å². The van der Waals surface area contributed by atoms with Gasteiger partial charge in [0, 0.05) is 13.6 Å². The Morgan fingerprint density at radius 2 is 2.50 bits per heavy atom. The molecule has 1 rings (SSSR count). The second-order valence-electron chi connectivity index (χ2n) is 2.54. The second kappa shape index (κ2) is 2.56. The van der Waals surface area contributed by atoms with E-state index in [4.69, 9.17) is 0 Å². The number of rotatable bonds is 1. The average Bonchev–Trinajstić information content (AvgIpc) is 2.36. The van der Waals surface area contributed by atoms with Gasteiger partial charge in [-0.15, -0.1) is 0 Å². The van der Waals surface area contributed by atoms with Gasteiger partial charge in [0.1, 0.15) is 0 Å². The highest BCUT2D eigenvalue weighted by Gasteiger charge is 2.37. The summed E-state index contributed by atoms with van der Waals surface area (Å²) in [4.78, 5) is 10.9. The van der Waals surface area contributed by atoms with Gasteiger partial charge in [-0.2, -0.15) is 0 Å². The molecular formula is C6H12N2O2. The molecule has 4 nitrogen and oxygen atoms in total. The Bertz CT molecular complexity index is 141. The van der Waals surface area contributed by atoms with E-state index in [0.29, 0.717) is 19.5 Å². The van der Waals surface area contributed by atoms with Crippen LogP contribution in [0.5, 0.6) is 0 Å². The van der Waals surface area contributed by atoms with E-state index in [1.54, 1.807) is 0 Å². The Hall–Kier alpha value is -0.610. The van der Waals surface area contributed by atoms with Crippen LogP contribution in [0.3, 0.4) is 0 Å². The summed E-state index contributed by atoms with van der Waals surface area (Å²) in [6.07, 6.45) is 0.507. The average molecular weight is 144 g/mol. The van der Waals surface area contributed by atoms with E-state index < -0.39 is 5.60 Å². The Kier molecular flexibility index (Phi) is 1.92. The first-order valence-electron chi connectivity index (χ1n) is 3.34. The van der Waals surface area contributed by atoms with Crippen LogP contribution in [0, 0.1) is 0 Å². The SMILES string of the molecule is CNC(=O)[C@]1(O)CCNC1. The zero-order valence-electron chi connectivity index (χ0n) is 5.98. The van der Waals surface area contributed by atoms with Gasteiger partial charge in [0.15, 0.2) is 5.60 Å². The van der Waals surface area contributed by atoms with E-state index >= 15 is 0 Å². The fraction of sp³-hybridized carbons (Fsp3) is 0.833. The van der Waals surface area contributed by atoms with Gasteiger partial charge in [0.25, 0.3) is 5.91 Å². The summed E-state index contributed by atoms with van der Waals surface area (Å²) < 4.78 is 0. The smallest absolute Gasteiger partial charge is 0.253 e. The van der Waals surface area contributed by atoms with E-state index in [0.717, 1.165) is 0 Å². The number of hydrogen-bond acceptors (Lipinski definition) is 3.